The van der Waals surface area contributed by atoms with Gasteiger partial charge in [0.1, 0.15) is 23.1 Å². The minimum Gasteiger partial charge on any atom is -0.494 e. The normalized spacial score (nSPS) is 14.6. The molecule has 0 unspecified atom stereocenters. The first-order valence-corrected chi connectivity index (χ1v) is 10.7. The second kappa shape index (κ2) is 9.61. The molecule has 0 radical (unpaired) electrons. The third-order valence-corrected chi connectivity index (χ3v) is 5.56. The molecule has 1 amide bonds. The molecule has 30 heavy (non-hydrogen) atoms. The van der Waals surface area contributed by atoms with Gasteiger partial charge in [-0.25, -0.2) is 0 Å². The number of fused-ring (bicyclic) bond motifs is 1. The van der Waals surface area contributed by atoms with Crippen LogP contribution in [0.4, 0.5) is 0 Å². The molecule has 1 aliphatic heterocycles. The van der Waals surface area contributed by atoms with Gasteiger partial charge >= 0.3 is 0 Å². The predicted molar refractivity (Wildman–Crippen MR) is 118 cm³/mol. The SMILES string of the molecule is CCOc1ccccc1CCC(=O)N1CCC(Oc2cccc3cccnc23)CC1. The summed E-state index contributed by atoms with van der Waals surface area (Å²) in [4.78, 5) is 19.1. The highest BCUT2D eigenvalue weighted by Gasteiger charge is 2.24. The topological polar surface area (TPSA) is 51.7 Å². The fraction of sp³-hybridized carbons (Fsp3) is 0.360. The van der Waals surface area contributed by atoms with Crippen LogP contribution in [0.3, 0.4) is 0 Å². The van der Waals surface area contributed by atoms with Gasteiger partial charge in [-0.15, -0.1) is 0 Å². The Morgan fingerprint density at radius 1 is 1.03 bits per heavy atom. The van der Waals surface area contributed by atoms with E-state index in [2.05, 4.69) is 4.98 Å². The largest absolute Gasteiger partial charge is 0.494 e. The summed E-state index contributed by atoms with van der Waals surface area (Å²) in [6.07, 6.45) is 4.78. The molecular weight excluding hydrogens is 376 g/mol. The molecule has 0 bridgehead atoms. The lowest BCUT2D eigenvalue weighted by Crippen LogP contribution is -2.41. The van der Waals surface area contributed by atoms with E-state index < -0.39 is 0 Å². The van der Waals surface area contributed by atoms with Crippen LogP contribution in [0.15, 0.2) is 60.8 Å². The number of aromatic nitrogens is 1. The fourth-order valence-corrected chi connectivity index (χ4v) is 3.98. The van der Waals surface area contributed by atoms with Crippen molar-refractivity contribution >= 4 is 16.8 Å². The van der Waals surface area contributed by atoms with E-state index in [-0.39, 0.29) is 12.0 Å². The number of hydrogen-bond acceptors (Lipinski definition) is 4. The summed E-state index contributed by atoms with van der Waals surface area (Å²) in [7, 11) is 0. The smallest absolute Gasteiger partial charge is 0.222 e. The average Bonchev–Trinajstić information content (AvgIpc) is 2.79. The highest BCUT2D eigenvalue weighted by Crippen LogP contribution is 2.27. The standard InChI is InChI=1S/C25H28N2O3/c1-2-29-22-10-4-3-7-19(22)12-13-24(28)27-17-14-21(15-18-27)30-23-11-5-8-20-9-6-16-26-25(20)23/h3-11,16,21H,2,12-15,17-18H2,1H3. The lowest BCUT2D eigenvalue weighted by molar-refractivity contribution is -0.132. The first-order chi connectivity index (χ1) is 14.7. The Morgan fingerprint density at radius 2 is 1.80 bits per heavy atom. The van der Waals surface area contributed by atoms with Crippen LogP contribution in [-0.4, -0.2) is 41.6 Å². The lowest BCUT2D eigenvalue weighted by Gasteiger charge is -2.32. The molecule has 0 aliphatic carbocycles. The number of rotatable bonds is 7. The number of para-hydroxylation sites is 2. The van der Waals surface area contributed by atoms with Gasteiger partial charge in [0.05, 0.1) is 6.61 Å². The number of hydrogen-bond donors (Lipinski definition) is 0. The van der Waals surface area contributed by atoms with E-state index in [1.807, 2.05) is 66.4 Å². The van der Waals surface area contributed by atoms with Crippen molar-refractivity contribution in [3.8, 4) is 11.5 Å². The number of amides is 1. The first kappa shape index (κ1) is 20.2. The zero-order valence-electron chi connectivity index (χ0n) is 17.4. The molecule has 1 saturated heterocycles. The van der Waals surface area contributed by atoms with Crippen molar-refractivity contribution in [2.45, 2.75) is 38.7 Å². The van der Waals surface area contributed by atoms with Crippen molar-refractivity contribution in [3.63, 3.8) is 0 Å². The summed E-state index contributed by atoms with van der Waals surface area (Å²) in [6.45, 7) is 4.07. The highest BCUT2D eigenvalue weighted by molar-refractivity contribution is 5.84. The van der Waals surface area contributed by atoms with E-state index in [1.54, 1.807) is 6.20 Å². The van der Waals surface area contributed by atoms with Crippen molar-refractivity contribution < 1.29 is 14.3 Å². The van der Waals surface area contributed by atoms with Crippen molar-refractivity contribution in [1.29, 1.82) is 0 Å². The van der Waals surface area contributed by atoms with E-state index in [4.69, 9.17) is 9.47 Å². The van der Waals surface area contributed by atoms with Gasteiger partial charge in [0.25, 0.3) is 0 Å². The van der Waals surface area contributed by atoms with Crippen LogP contribution in [-0.2, 0) is 11.2 Å². The summed E-state index contributed by atoms with van der Waals surface area (Å²) in [5.41, 5.74) is 1.99. The van der Waals surface area contributed by atoms with Crippen LogP contribution in [0.5, 0.6) is 11.5 Å². The number of nitrogens with zero attached hydrogens (tertiary/aromatic N) is 2. The molecule has 2 heterocycles. The molecule has 0 N–H and O–H groups in total. The van der Waals surface area contributed by atoms with E-state index in [0.29, 0.717) is 19.4 Å². The average molecular weight is 405 g/mol. The van der Waals surface area contributed by atoms with Crippen molar-refractivity contribution in [1.82, 2.24) is 9.88 Å². The second-order valence-corrected chi connectivity index (χ2v) is 7.57. The summed E-state index contributed by atoms with van der Waals surface area (Å²) in [5, 5.41) is 1.08. The zero-order chi connectivity index (χ0) is 20.8. The van der Waals surface area contributed by atoms with Crippen LogP contribution < -0.4 is 9.47 Å². The minimum atomic E-state index is 0.111. The number of ether oxygens (including phenoxy) is 2. The Kier molecular flexibility index (Phi) is 6.47. The second-order valence-electron chi connectivity index (χ2n) is 7.57. The molecule has 0 atom stereocenters. The number of benzene rings is 2. The molecule has 156 valence electrons. The molecule has 3 aromatic rings. The van der Waals surface area contributed by atoms with Crippen LogP contribution in [0.25, 0.3) is 10.9 Å². The molecule has 2 aromatic carbocycles. The van der Waals surface area contributed by atoms with Gasteiger partial charge in [0.15, 0.2) is 0 Å². The van der Waals surface area contributed by atoms with Gasteiger partial charge < -0.3 is 14.4 Å². The van der Waals surface area contributed by atoms with E-state index >= 15 is 0 Å². The van der Waals surface area contributed by atoms with Gasteiger partial charge in [-0.3, -0.25) is 9.78 Å². The molecule has 0 spiro atoms. The van der Waals surface area contributed by atoms with Crippen molar-refractivity contribution in [2.75, 3.05) is 19.7 Å². The third-order valence-electron chi connectivity index (χ3n) is 5.56. The van der Waals surface area contributed by atoms with Gasteiger partial charge in [-0.2, -0.15) is 0 Å². The number of pyridine rings is 1. The Morgan fingerprint density at radius 3 is 2.63 bits per heavy atom. The monoisotopic (exact) mass is 404 g/mol. The summed E-state index contributed by atoms with van der Waals surface area (Å²) in [5.74, 6) is 1.90. The summed E-state index contributed by atoms with van der Waals surface area (Å²) < 4.78 is 11.9. The summed E-state index contributed by atoms with van der Waals surface area (Å²) in [6, 6.07) is 18.0. The predicted octanol–water partition coefficient (Wildman–Crippen LogP) is 4.64. The number of carbonyl (C=O) groups excluding carboxylic acids is 1. The van der Waals surface area contributed by atoms with E-state index in [9.17, 15) is 4.79 Å². The van der Waals surface area contributed by atoms with Gasteiger partial charge in [-0.1, -0.05) is 36.4 Å². The van der Waals surface area contributed by atoms with Crippen LogP contribution in [0.1, 0.15) is 31.7 Å². The molecule has 5 nitrogen and oxygen atoms in total. The van der Waals surface area contributed by atoms with Gasteiger partial charge in [0, 0.05) is 43.9 Å². The molecule has 1 aromatic heterocycles. The van der Waals surface area contributed by atoms with E-state index in [0.717, 1.165) is 53.9 Å². The van der Waals surface area contributed by atoms with Crippen LogP contribution in [0.2, 0.25) is 0 Å². The Labute approximate surface area is 177 Å². The first-order valence-electron chi connectivity index (χ1n) is 10.7. The number of aryl methyl sites for hydroxylation is 1. The van der Waals surface area contributed by atoms with Gasteiger partial charge in [0.2, 0.25) is 5.91 Å². The maximum absolute atomic E-state index is 12.7. The Balaban J connectivity index is 1.29. The maximum Gasteiger partial charge on any atom is 0.222 e. The Hall–Kier alpha value is -3.08. The number of carbonyl (C=O) groups is 1. The Bertz CT molecular complexity index is 991. The maximum atomic E-state index is 12.7. The molecule has 4 rings (SSSR count). The fourth-order valence-electron chi connectivity index (χ4n) is 3.98. The van der Waals surface area contributed by atoms with Crippen molar-refractivity contribution in [2.24, 2.45) is 0 Å². The van der Waals surface area contributed by atoms with Crippen LogP contribution >= 0.6 is 0 Å². The van der Waals surface area contributed by atoms with E-state index in [1.165, 1.54) is 0 Å². The zero-order valence-corrected chi connectivity index (χ0v) is 17.4. The van der Waals surface area contributed by atoms with Crippen LogP contribution in [0, 0.1) is 0 Å². The third kappa shape index (κ3) is 4.73. The lowest BCUT2D eigenvalue weighted by atomic mass is 10.0. The summed E-state index contributed by atoms with van der Waals surface area (Å²) >= 11 is 0. The highest BCUT2D eigenvalue weighted by atomic mass is 16.5. The molecule has 1 aliphatic rings. The van der Waals surface area contributed by atoms with Crippen molar-refractivity contribution in [3.05, 3.63) is 66.4 Å². The quantitative estimate of drug-likeness (QED) is 0.576. The minimum absolute atomic E-state index is 0.111. The molecule has 5 heteroatoms. The number of likely N-dealkylation sites (tertiary alicyclic amines) is 1. The molecular formula is C25H28N2O3. The molecule has 0 saturated carbocycles. The molecule has 1 fully saturated rings. The van der Waals surface area contributed by atoms with Gasteiger partial charge in [-0.05, 0) is 37.1 Å². The number of piperidine rings is 1.